The highest BCUT2D eigenvalue weighted by atomic mass is 16.6. The minimum absolute atomic E-state index is 0.0414. The number of aliphatic hydroxyl groups is 2. The maximum absolute atomic E-state index is 13.3. The lowest BCUT2D eigenvalue weighted by Crippen LogP contribution is -2.74. The number of carbonyl (C=O) groups is 2. The molecule has 0 bridgehead atoms. The molecule has 0 aromatic rings. The van der Waals surface area contributed by atoms with Crippen molar-refractivity contribution in [3.63, 3.8) is 0 Å². The minimum Gasteiger partial charge on any atom is -0.447 e. The van der Waals surface area contributed by atoms with Crippen molar-refractivity contribution in [2.45, 2.75) is 297 Å². The summed E-state index contributed by atoms with van der Waals surface area (Å²) < 4.78 is 24.0. The second-order valence-electron chi connectivity index (χ2n) is 31.7. The van der Waals surface area contributed by atoms with E-state index in [1.807, 2.05) is 0 Å². The molecule has 7 saturated carbocycles. The lowest BCUT2D eigenvalue weighted by molar-refractivity contribution is -0.0702. The number of carbonyl (C=O) groups excluding carboxylic acids is 2. The van der Waals surface area contributed by atoms with E-state index in [2.05, 4.69) is 126 Å². The lowest BCUT2D eigenvalue weighted by Gasteiger charge is -2.52. The minimum atomic E-state index is -0.528. The van der Waals surface area contributed by atoms with Crippen LogP contribution in [0.1, 0.15) is 224 Å². The maximum Gasteiger partial charge on any atom is 0.407 e. The van der Waals surface area contributed by atoms with Gasteiger partial charge in [0.1, 0.15) is 13.2 Å². The molecule has 2 saturated heterocycles. The van der Waals surface area contributed by atoms with Crippen LogP contribution in [0.15, 0.2) is 0 Å². The van der Waals surface area contributed by atoms with Gasteiger partial charge in [0, 0.05) is 22.9 Å². The Morgan fingerprint density at radius 3 is 0.952 bits per heavy atom. The highest BCUT2D eigenvalue weighted by molar-refractivity contribution is 5.68. The monoisotopic (exact) mass is 1180 g/mol. The zero-order chi connectivity index (χ0) is 60.0. The largest absolute Gasteiger partial charge is 0.447 e. The molecule has 7 aliphatic carbocycles. The highest BCUT2D eigenvalue weighted by Gasteiger charge is 2.48. The van der Waals surface area contributed by atoms with Gasteiger partial charge in [0.2, 0.25) is 0 Å². The average Bonchev–Trinajstić information content (AvgIpc) is 1.79. The molecular formula is C68H124N8O8. The standard InChI is InChI=1S/C68H124N8O8/c1-39-16-22-51(43(5)32-39)59-69-60(52-23-17-40(2)33-44(52)6)72-63(71-59)55-26-20-49(37-57(55)77)81-28-30-83-65(79)75-67(9,10)47-14-13-15-48(36-47)68(11,12)76-66(80)84-31-29-82-50-21-27-56(58(78)38-50)64-73-61(53-24-18-41(3)34-45(53)7)70-62(74-64)54-25-19-42(4)35-46(54)8/h39-64,69-74,77-78H,13-38H2,1-12H3,(H,75,79)(H,76,80). The smallest absolute Gasteiger partial charge is 0.407 e. The second kappa shape index (κ2) is 29.8. The van der Waals surface area contributed by atoms with E-state index < -0.39 is 35.5 Å². The molecule has 24 unspecified atom stereocenters. The van der Waals surface area contributed by atoms with Gasteiger partial charge in [0.25, 0.3) is 0 Å². The zero-order valence-corrected chi connectivity index (χ0v) is 54.7. The lowest BCUT2D eigenvalue weighted by atomic mass is 9.67. The topological polar surface area (TPSA) is 208 Å². The van der Waals surface area contributed by atoms with Crippen LogP contribution in [-0.4, -0.2) is 121 Å². The van der Waals surface area contributed by atoms with Gasteiger partial charge in [-0.3, -0.25) is 31.9 Å². The number of amides is 2. The summed E-state index contributed by atoms with van der Waals surface area (Å²) in [7, 11) is 0. The molecule has 84 heavy (non-hydrogen) atoms. The molecule has 0 radical (unpaired) electrons. The van der Waals surface area contributed by atoms with E-state index in [4.69, 9.17) is 18.9 Å². The molecule has 16 heteroatoms. The van der Waals surface area contributed by atoms with Gasteiger partial charge in [0.15, 0.2) is 0 Å². The summed E-state index contributed by atoms with van der Waals surface area (Å²) in [6.07, 6.45) is 22.6. The van der Waals surface area contributed by atoms with Gasteiger partial charge in [-0.15, -0.1) is 0 Å². The molecule has 0 spiro atoms. The van der Waals surface area contributed by atoms with E-state index in [1.165, 1.54) is 77.0 Å². The summed E-state index contributed by atoms with van der Waals surface area (Å²) in [5, 5.41) is 54.1. The molecular weight excluding hydrogens is 1060 g/mol. The number of aliphatic hydroxyl groups excluding tert-OH is 2. The van der Waals surface area contributed by atoms with E-state index in [9.17, 15) is 19.8 Å². The fourth-order valence-corrected chi connectivity index (χ4v) is 19.0. The van der Waals surface area contributed by atoms with Crippen molar-refractivity contribution in [2.75, 3.05) is 26.4 Å². The zero-order valence-electron chi connectivity index (χ0n) is 54.7. The first-order valence-electron chi connectivity index (χ1n) is 35.1. The molecule has 24 atom stereocenters. The Morgan fingerprint density at radius 1 is 0.381 bits per heavy atom. The van der Waals surface area contributed by atoms with Gasteiger partial charge < -0.3 is 39.8 Å². The fraction of sp³-hybridized carbons (Fsp3) is 0.971. The summed E-state index contributed by atoms with van der Waals surface area (Å²) in [5.41, 5.74) is -1.06. The second-order valence-corrected chi connectivity index (χ2v) is 31.7. The molecule has 2 amide bonds. The molecule has 9 rings (SSSR count). The molecule has 0 aromatic heterocycles. The third-order valence-electron chi connectivity index (χ3n) is 24.3. The van der Waals surface area contributed by atoms with Crippen LogP contribution < -0.4 is 42.5 Å². The Morgan fingerprint density at radius 2 is 0.667 bits per heavy atom. The van der Waals surface area contributed by atoms with Gasteiger partial charge in [-0.05, 0) is 220 Å². The first kappa shape index (κ1) is 66.6. The normalized spacial score (nSPS) is 44.8. The van der Waals surface area contributed by atoms with Crippen molar-refractivity contribution < 1.29 is 38.7 Å². The first-order chi connectivity index (χ1) is 40.0. The van der Waals surface area contributed by atoms with Crippen LogP contribution in [0.4, 0.5) is 9.59 Å². The van der Waals surface area contributed by atoms with E-state index in [1.54, 1.807) is 0 Å². The summed E-state index contributed by atoms with van der Waals surface area (Å²) in [6, 6.07) is 0. The average molecular weight is 1180 g/mol. The highest BCUT2D eigenvalue weighted by Crippen LogP contribution is 2.44. The van der Waals surface area contributed by atoms with Gasteiger partial charge in [0.05, 0.1) is 74.6 Å². The number of nitrogens with one attached hydrogen (secondary N) is 8. The van der Waals surface area contributed by atoms with E-state index in [0.717, 1.165) is 75.0 Å². The van der Waals surface area contributed by atoms with E-state index in [-0.39, 0.29) is 99.3 Å². The summed E-state index contributed by atoms with van der Waals surface area (Å²) >= 11 is 0. The molecule has 0 aromatic carbocycles. The number of hydrogen-bond donors (Lipinski definition) is 10. The Balaban J connectivity index is 0.662. The molecule has 9 fully saturated rings. The van der Waals surface area contributed by atoms with Crippen LogP contribution in [0.5, 0.6) is 0 Å². The quantitative estimate of drug-likeness (QED) is 0.0580. The van der Waals surface area contributed by atoms with Crippen molar-refractivity contribution in [1.82, 2.24) is 42.5 Å². The number of ether oxygens (including phenoxy) is 4. The van der Waals surface area contributed by atoms with Gasteiger partial charge in [-0.2, -0.15) is 0 Å². The number of alkyl carbamates (subject to hydrolysis) is 2. The van der Waals surface area contributed by atoms with E-state index >= 15 is 0 Å². The SMILES string of the molecule is CC1CCC(C2NC(C3CCC(C)CC3C)NC(C3CCC(OCCOC(=O)NC(C)(C)C4CCCC(C(C)(C)NC(=O)OCCOC5CCC(C6NC(C7CCC(C)CC7C)NC(C7CCC(C)CC7C)N6)C(O)C5)C4)CC3O)N2)C(C)C1. The molecule has 2 heterocycles. The van der Waals surface area contributed by atoms with Crippen molar-refractivity contribution in [3.8, 4) is 0 Å². The van der Waals surface area contributed by atoms with Gasteiger partial charge in [-0.25, -0.2) is 9.59 Å². The van der Waals surface area contributed by atoms with Crippen molar-refractivity contribution >= 4 is 12.2 Å². The predicted molar refractivity (Wildman–Crippen MR) is 333 cm³/mol. The Bertz CT molecular complexity index is 1850. The molecule has 484 valence electrons. The van der Waals surface area contributed by atoms with Crippen LogP contribution >= 0.6 is 0 Å². The van der Waals surface area contributed by atoms with Crippen LogP contribution in [-0.2, 0) is 18.9 Å². The van der Waals surface area contributed by atoms with Gasteiger partial charge >= 0.3 is 12.2 Å². The summed E-state index contributed by atoms with van der Waals surface area (Å²) in [4.78, 5) is 26.7. The molecule has 16 nitrogen and oxygen atoms in total. The Kier molecular flexibility index (Phi) is 23.6. The van der Waals surface area contributed by atoms with Crippen LogP contribution in [0.25, 0.3) is 0 Å². The van der Waals surface area contributed by atoms with Crippen LogP contribution in [0.3, 0.4) is 0 Å². The molecule has 9 aliphatic rings. The van der Waals surface area contributed by atoms with Crippen molar-refractivity contribution in [1.29, 1.82) is 0 Å². The Hall–Kier alpha value is -1.86. The molecule has 2 aliphatic heterocycles. The third-order valence-corrected chi connectivity index (χ3v) is 24.3. The first-order valence-corrected chi connectivity index (χ1v) is 35.1. The Labute approximate surface area is 509 Å². The predicted octanol–water partition coefficient (Wildman–Crippen LogP) is 10.7. The maximum atomic E-state index is 13.3. The van der Waals surface area contributed by atoms with Crippen molar-refractivity contribution in [3.05, 3.63) is 0 Å². The fourth-order valence-electron chi connectivity index (χ4n) is 19.0. The number of rotatable bonds is 18. The van der Waals surface area contributed by atoms with Gasteiger partial charge in [-0.1, -0.05) is 87.5 Å². The van der Waals surface area contributed by atoms with Crippen molar-refractivity contribution in [2.24, 2.45) is 94.7 Å². The third kappa shape index (κ3) is 17.3. The van der Waals surface area contributed by atoms with E-state index in [0.29, 0.717) is 60.2 Å². The summed E-state index contributed by atoms with van der Waals surface area (Å²) in [6.45, 7) is 28.5. The summed E-state index contributed by atoms with van der Waals surface area (Å²) in [5.74, 6) is 8.64. The number of hydrogen-bond acceptors (Lipinski definition) is 14. The van der Waals surface area contributed by atoms with Crippen LogP contribution in [0, 0.1) is 94.7 Å². The molecule has 10 N–H and O–H groups in total. The van der Waals surface area contributed by atoms with Crippen LogP contribution in [0.2, 0.25) is 0 Å².